The average Bonchev–Trinajstić information content (AvgIpc) is 2.03. The predicted octanol–water partition coefficient (Wildman–Crippen LogP) is 3.69. The minimum Gasteiger partial charge on any atom is -0.296 e. The number of hydrogen-bond donors (Lipinski definition) is 0. The summed E-state index contributed by atoms with van der Waals surface area (Å²) >= 11 is 0. The molecule has 0 spiro atoms. The summed E-state index contributed by atoms with van der Waals surface area (Å²) in [4.78, 5) is 2.52. The summed E-state index contributed by atoms with van der Waals surface area (Å²) in [6.45, 7) is 13.9. The fourth-order valence-electron chi connectivity index (χ4n) is 1.84. The molecule has 0 atom stereocenters. The third kappa shape index (κ3) is 3.30. The van der Waals surface area contributed by atoms with Crippen molar-refractivity contribution >= 4 is 0 Å². The highest BCUT2D eigenvalue weighted by molar-refractivity contribution is 4.88. The van der Waals surface area contributed by atoms with Gasteiger partial charge in [0.1, 0.15) is 0 Å². The molecule has 0 aromatic rings. The van der Waals surface area contributed by atoms with Gasteiger partial charge >= 0.3 is 0 Å². The van der Waals surface area contributed by atoms with Gasteiger partial charge in [-0.3, -0.25) is 4.90 Å². The Hall–Kier alpha value is -0.0400. The lowest BCUT2D eigenvalue weighted by Gasteiger charge is -2.46. The van der Waals surface area contributed by atoms with Crippen LogP contribution in [-0.4, -0.2) is 23.0 Å². The number of rotatable bonds is 5. The van der Waals surface area contributed by atoms with Crippen LogP contribution in [0, 0.1) is 0 Å². The van der Waals surface area contributed by atoms with Crippen LogP contribution >= 0.6 is 0 Å². The monoisotopic (exact) mass is 185 g/mol. The lowest BCUT2D eigenvalue weighted by molar-refractivity contribution is 0.0360. The number of nitrogens with zero attached hydrogens (tertiary/aromatic N) is 1. The van der Waals surface area contributed by atoms with Gasteiger partial charge in [0, 0.05) is 11.1 Å². The van der Waals surface area contributed by atoms with Crippen LogP contribution < -0.4 is 0 Å². The van der Waals surface area contributed by atoms with Crippen molar-refractivity contribution in [2.24, 2.45) is 0 Å². The largest absolute Gasteiger partial charge is 0.296 e. The Morgan fingerprint density at radius 2 is 1.38 bits per heavy atom. The highest BCUT2D eigenvalue weighted by atomic mass is 15.2. The summed E-state index contributed by atoms with van der Waals surface area (Å²) in [5, 5.41) is 0. The van der Waals surface area contributed by atoms with Crippen molar-refractivity contribution in [2.75, 3.05) is 7.05 Å². The zero-order chi connectivity index (χ0) is 10.7. The van der Waals surface area contributed by atoms with Crippen molar-refractivity contribution in [1.29, 1.82) is 0 Å². The summed E-state index contributed by atoms with van der Waals surface area (Å²) in [6, 6.07) is 0. The highest BCUT2D eigenvalue weighted by Crippen LogP contribution is 2.28. The molecule has 0 radical (unpaired) electrons. The summed E-state index contributed by atoms with van der Waals surface area (Å²) in [7, 11) is 2.25. The summed E-state index contributed by atoms with van der Waals surface area (Å²) in [5.74, 6) is 0. The van der Waals surface area contributed by atoms with Gasteiger partial charge in [-0.1, -0.05) is 20.3 Å². The molecule has 0 N–H and O–H groups in total. The van der Waals surface area contributed by atoms with Gasteiger partial charge in [-0.2, -0.15) is 0 Å². The summed E-state index contributed by atoms with van der Waals surface area (Å²) in [6.07, 6.45) is 3.74. The van der Waals surface area contributed by atoms with E-state index in [0.717, 1.165) is 0 Å². The van der Waals surface area contributed by atoms with Crippen LogP contribution in [0.1, 0.15) is 60.8 Å². The van der Waals surface area contributed by atoms with Gasteiger partial charge in [0.15, 0.2) is 0 Å². The Morgan fingerprint density at radius 3 is 1.69 bits per heavy atom. The van der Waals surface area contributed by atoms with Crippen molar-refractivity contribution in [1.82, 2.24) is 4.90 Å². The van der Waals surface area contributed by atoms with Crippen molar-refractivity contribution < 1.29 is 0 Å². The Morgan fingerprint density at radius 1 is 0.923 bits per heavy atom. The first-order valence-electron chi connectivity index (χ1n) is 5.52. The molecule has 1 nitrogen and oxygen atoms in total. The van der Waals surface area contributed by atoms with E-state index in [2.05, 4.69) is 53.5 Å². The molecule has 80 valence electrons. The molecule has 0 saturated carbocycles. The average molecular weight is 185 g/mol. The minimum atomic E-state index is 0.318. The van der Waals surface area contributed by atoms with Gasteiger partial charge in [0.05, 0.1) is 0 Å². The third-order valence-corrected chi connectivity index (χ3v) is 3.54. The maximum atomic E-state index is 2.52. The zero-order valence-electron chi connectivity index (χ0n) is 10.6. The van der Waals surface area contributed by atoms with Gasteiger partial charge < -0.3 is 0 Å². The summed E-state index contributed by atoms with van der Waals surface area (Å²) < 4.78 is 0. The van der Waals surface area contributed by atoms with Gasteiger partial charge in [-0.05, 0) is 47.6 Å². The molecule has 0 aliphatic carbocycles. The molecule has 0 aliphatic heterocycles. The maximum Gasteiger partial charge on any atom is 0.0155 e. The second kappa shape index (κ2) is 4.45. The first kappa shape index (κ1) is 13.0. The van der Waals surface area contributed by atoms with Crippen molar-refractivity contribution in [3.63, 3.8) is 0 Å². The van der Waals surface area contributed by atoms with E-state index in [1.165, 1.54) is 19.3 Å². The van der Waals surface area contributed by atoms with E-state index in [9.17, 15) is 0 Å². The fourth-order valence-corrected chi connectivity index (χ4v) is 1.84. The zero-order valence-corrected chi connectivity index (χ0v) is 10.6. The molecular formula is C12H27N. The normalized spacial score (nSPS) is 13.8. The van der Waals surface area contributed by atoms with E-state index < -0.39 is 0 Å². The molecule has 13 heavy (non-hydrogen) atoms. The Balaban J connectivity index is 4.47. The molecular weight excluding hydrogens is 158 g/mol. The Labute approximate surface area is 84.5 Å². The predicted molar refractivity (Wildman–Crippen MR) is 61.1 cm³/mol. The first-order chi connectivity index (χ1) is 5.78. The molecule has 0 fully saturated rings. The Kier molecular flexibility index (Phi) is 4.44. The van der Waals surface area contributed by atoms with E-state index in [0.29, 0.717) is 11.1 Å². The van der Waals surface area contributed by atoms with E-state index in [4.69, 9.17) is 0 Å². The molecule has 0 saturated heterocycles. The summed E-state index contributed by atoms with van der Waals surface area (Å²) in [5.41, 5.74) is 0.646. The quantitative estimate of drug-likeness (QED) is 0.631. The Bertz CT molecular complexity index is 147. The van der Waals surface area contributed by atoms with E-state index >= 15 is 0 Å². The lowest BCUT2D eigenvalue weighted by Crippen LogP contribution is -2.52. The molecule has 0 rings (SSSR count). The van der Waals surface area contributed by atoms with Crippen molar-refractivity contribution in [3.8, 4) is 0 Å². The number of hydrogen-bond acceptors (Lipinski definition) is 1. The van der Waals surface area contributed by atoms with E-state index in [-0.39, 0.29) is 0 Å². The van der Waals surface area contributed by atoms with Gasteiger partial charge in [-0.15, -0.1) is 0 Å². The molecule has 0 unspecified atom stereocenters. The van der Waals surface area contributed by atoms with Crippen LogP contribution in [0.25, 0.3) is 0 Å². The second-order valence-electron chi connectivity index (χ2n) is 5.29. The van der Waals surface area contributed by atoms with Gasteiger partial charge in [0.25, 0.3) is 0 Å². The van der Waals surface area contributed by atoms with Crippen molar-refractivity contribution in [3.05, 3.63) is 0 Å². The van der Waals surface area contributed by atoms with Crippen LogP contribution in [0.15, 0.2) is 0 Å². The van der Waals surface area contributed by atoms with Crippen LogP contribution in [0.2, 0.25) is 0 Å². The van der Waals surface area contributed by atoms with Crippen LogP contribution in [-0.2, 0) is 0 Å². The molecule has 0 bridgehead atoms. The standard InChI is InChI=1S/C12H27N/c1-8-10-12(5,6)13(7)11(3,4)9-2/h8-10H2,1-7H3. The smallest absolute Gasteiger partial charge is 0.0155 e. The molecule has 0 aliphatic rings. The second-order valence-corrected chi connectivity index (χ2v) is 5.29. The van der Waals surface area contributed by atoms with E-state index in [1.54, 1.807) is 0 Å². The van der Waals surface area contributed by atoms with Crippen LogP contribution in [0.5, 0.6) is 0 Å². The van der Waals surface area contributed by atoms with E-state index in [1.807, 2.05) is 0 Å². The topological polar surface area (TPSA) is 3.24 Å². The molecule has 0 amide bonds. The van der Waals surface area contributed by atoms with Gasteiger partial charge in [-0.25, -0.2) is 0 Å². The van der Waals surface area contributed by atoms with Crippen LogP contribution in [0.4, 0.5) is 0 Å². The molecule has 0 aromatic carbocycles. The fraction of sp³-hybridized carbons (Fsp3) is 1.00. The minimum absolute atomic E-state index is 0.318. The van der Waals surface area contributed by atoms with Gasteiger partial charge in [0.2, 0.25) is 0 Å². The molecule has 0 aromatic heterocycles. The van der Waals surface area contributed by atoms with Crippen molar-refractivity contribution in [2.45, 2.75) is 71.9 Å². The molecule has 0 heterocycles. The SMILES string of the molecule is CCCC(C)(C)N(C)C(C)(C)CC. The highest BCUT2D eigenvalue weighted by Gasteiger charge is 2.32. The van der Waals surface area contributed by atoms with Crippen LogP contribution in [0.3, 0.4) is 0 Å². The molecule has 1 heteroatoms. The maximum absolute atomic E-state index is 2.52. The third-order valence-electron chi connectivity index (χ3n) is 3.54. The lowest BCUT2D eigenvalue weighted by atomic mass is 9.89. The first-order valence-corrected chi connectivity index (χ1v) is 5.52.